The molecule has 2 atom stereocenters. The summed E-state index contributed by atoms with van der Waals surface area (Å²) in [5, 5.41) is 3.20. The fourth-order valence-corrected chi connectivity index (χ4v) is 4.40. The third kappa shape index (κ3) is 4.15. The highest BCUT2D eigenvalue weighted by Gasteiger charge is 2.36. The van der Waals surface area contributed by atoms with E-state index in [0.717, 1.165) is 31.4 Å². The molecule has 0 spiro atoms. The van der Waals surface area contributed by atoms with Crippen LogP contribution in [0.25, 0.3) is 0 Å². The first-order valence-electron chi connectivity index (χ1n) is 10.5. The summed E-state index contributed by atoms with van der Waals surface area (Å²) in [6.07, 6.45) is 2.75. The molecule has 2 aromatic carbocycles. The molecule has 160 valence electrons. The molecule has 1 heterocycles. The van der Waals surface area contributed by atoms with Gasteiger partial charge in [-0.3, -0.25) is 9.69 Å². The lowest BCUT2D eigenvalue weighted by Crippen LogP contribution is -2.47. The molecular formula is C24H29FN2O3. The van der Waals surface area contributed by atoms with E-state index in [2.05, 4.69) is 10.2 Å². The summed E-state index contributed by atoms with van der Waals surface area (Å²) < 4.78 is 25.4. The van der Waals surface area contributed by atoms with Crippen molar-refractivity contribution < 1.29 is 18.7 Å². The van der Waals surface area contributed by atoms with Crippen molar-refractivity contribution in [2.45, 2.75) is 44.8 Å². The molecule has 1 aliphatic heterocycles. The van der Waals surface area contributed by atoms with Crippen LogP contribution in [-0.4, -0.2) is 37.6 Å². The highest BCUT2D eigenvalue weighted by atomic mass is 19.1. The molecule has 0 radical (unpaired) electrons. The van der Waals surface area contributed by atoms with Crippen LogP contribution >= 0.6 is 0 Å². The molecule has 30 heavy (non-hydrogen) atoms. The first-order chi connectivity index (χ1) is 14.5. The van der Waals surface area contributed by atoms with Gasteiger partial charge in [0, 0.05) is 30.6 Å². The largest absolute Gasteiger partial charge is 0.493 e. The summed E-state index contributed by atoms with van der Waals surface area (Å²) >= 11 is 0. The van der Waals surface area contributed by atoms with E-state index in [4.69, 9.17) is 9.47 Å². The Kier molecular flexibility index (Phi) is 5.95. The second-order valence-corrected chi connectivity index (χ2v) is 8.23. The van der Waals surface area contributed by atoms with E-state index in [1.54, 1.807) is 20.3 Å². The molecule has 1 N–H and O–H groups in total. The topological polar surface area (TPSA) is 50.8 Å². The number of benzene rings is 2. The number of methoxy groups -OCH3 is 2. The Labute approximate surface area is 177 Å². The van der Waals surface area contributed by atoms with Gasteiger partial charge in [-0.2, -0.15) is 0 Å². The van der Waals surface area contributed by atoms with Crippen LogP contribution in [0.4, 0.5) is 4.39 Å². The Morgan fingerprint density at radius 2 is 1.90 bits per heavy atom. The van der Waals surface area contributed by atoms with Crippen LogP contribution in [0.1, 0.15) is 42.5 Å². The van der Waals surface area contributed by atoms with E-state index in [9.17, 15) is 9.18 Å². The van der Waals surface area contributed by atoms with Crippen LogP contribution in [-0.2, 0) is 17.8 Å². The van der Waals surface area contributed by atoms with Gasteiger partial charge in [0.05, 0.1) is 20.3 Å². The van der Waals surface area contributed by atoms with E-state index in [-0.39, 0.29) is 29.7 Å². The summed E-state index contributed by atoms with van der Waals surface area (Å²) in [4.78, 5) is 14.7. The second-order valence-electron chi connectivity index (χ2n) is 8.23. The van der Waals surface area contributed by atoms with E-state index in [1.165, 1.54) is 11.6 Å². The van der Waals surface area contributed by atoms with Gasteiger partial charge in [0.15, 0.2) is 11.5 Å². The Morgan fingerprint density at radius 3 is 2.57 bits per heavy atom. The lowest BCUT2D eigenvalue weighted by Gasteiger charge is -2.41. The highest BCUT2D eigenvalue weighted by Crippen LogP contribution is 2.40. The molecule has 4 rings (SSSR count). The molecule has 6 heteroatoms. The molecule has 0 aromatic heterocycles. The summed E-state index contributed by atoms with van der Waals surface area (Å²) in [6, 6.07) is 10.7. The maximum absolute atomic E-state index is 14.4. The molecule has 0 unspecified atom stereocenters. The number of amides is 1. The monoisotopic (exact) mass is 412 g/mol. The van der Waals surface area contributed by atoms with Crippen molar-refractivity contribution in [1.29, 1.82) is 0 Å². The number of fused-ring (bicyclic) bond motifs is 1. The Hall–Kier alpha value is -2.60. The van der Waals surface area contributed by atoms with Gasteiger partial charge in [-0.05, 0) is 55.5 Å². The fraction of sp³-hybridized carbons (Fsp3) is 0.458. The number of nitrogens with zero attached hydrogens (tertiary/aromatic N) is 1. The van der Waals surface area contributed by atoms with Crippen molar-refractivity contribution in [2.24, 2.45) is 5.92 Å². The van der Waals surface area contributed by atoms with Crippen molar-refractivity contribution in [3.8, 4) is 11.5 Å². The van der Waals surface area contributed by atoms with Crippen LogP contribution in [0.3, 0.4) is 0 Å². The normalized spacial score (nSPS) is 19.7. The van der Waals surface area contributed by atoms with Gasteiger partial charge in [-0.15, -0.1) is 0 Å². The number of carbonyl (C=O) groups excluding carboxylic acids is 1. The Morgan fingerprint density at radius 1 is 1.20 bits per heavy atom. The van der Waals surface area contributed by atoms with Gasteiger partial charge in [0.1, 0.15) is 5.82 Å². The molecule has 2 aromatic rings. The zero-order chi connectivity index (χ0) is 21.3. The van der Waals surface area contributed by atoms with Crippen LogP contribution in [0.5, 0.6) is 11.5 Å². The summed E-state index contributed by atoms with van der Waals surface area (Å²) in [5.41, 5.74) is 2.93. The molecule has 0 saturated heterocycles. The Bertz CT molecular complexity index is 929. The lowest BCUT2D eigenvalue weighted by atomic mass is 9.87. The first-order valence-corrected chi connectivity index (χ1v) is 10.5. The van der Waals surface area contributed by atoms with Gasteiger partial charge >= 0.3 is 0 Å². The molecule has 5 nitrogen and oxygen atoms in total. The predicted molar refractivity (Wildman–Crippen MR) is 113 cm³/mol. The smallest absolute Gasteiger partial charge is 0.223 e. The van der Waals surface area contributed by atoms with Gasteiger partial charge in [-0.1, -0.05) is 18.2 Å². The zero-order valence-corrected chi connectivity index (χ0v) is 17.8. The van der Waals surface area contributed by atoms with Gasteiger partial charge in [-0.25, -0.2) is 4.39 Å². The van der Waals surface area contributed by atoms with Crippen molar-refractivity contribution in [3.05, 3.63) is 58.9 Å². The first kappa shape index (κ1) is 20.7. The number of rotatable bonds is 7. The number of hydrogen-bond acceptors (Lipinski definition) is 4. The minimum atomic E-state index is -0.205. The minimum Gasteiger partial charge on any atom is -0.493 e. The van der Waals surface area contributed by atoms with Crippen LogP contribution in [0.15, 0.2) is 36.4 Å². The SMILES string of the molecule is COc1cc2c(cc1OC)[C@@H]([C@H](C)NC(=O)C1CC1)N(Cc1ccccc1F)CC2. The second kappa shape index (κ2) is 8.64. The van der Waals surface area contributed by atoms with Gasteiger partial charge in [0.25, 0.3) is 0 Å². The summed E-state index contributed by atoms with van der Waals surface area (Å²) in [7, 11) is 3.25. The van der Waals surface area contributed by atoms with Crippen LogP contribution < -0.4 is 14.8 Å². The molecule has 0 bridgehead atoms. The molecule has 1 amide bonds. The third-order valence-electron chi connectivity index (χ3n) is 6.15. The molecule has 2 aliphatic rings. The molecule has 1 fully saturated rings. The number of nitrogens with one attached hydrogen (secondary N) is 1. The van der Waals surface area contributed by atoms with E-state index in [0.29, 0.717) is 23.6 Å². The third-order valence-corrected chi connectivity index (χ3v) is 6.15. The summed E-state index contributed by atoms with van der Waals surface area (Å²) in [6.45, 7) is 3.28. The number of hydrogen-bond donors (Lipinski definition) is 1. The quantitative estimate of drug-likeness (QED) is 0.750. The lowest BCUT2D eigenvalue weighted by molar-refractivity contribution is -0.123. The molecular weight excluding hydrogens is 383 g/mol. The molecule has 1 aliphatic carbocycles. The highest BCUT2D eigenvalue weighted by molar-refractivity contribution is 5.81. The standard InChI is InChI=1S/C24H29FN2O3/c1-15(26-24(28)16-8-9-16)23-19-13-22(30-3)21(29-2)12-17(19)10-11-27(23)14-18-6-4-5-7-20(18)25/h4-7,12-13,15-16,23H,8-11,14H2,1-3H3,(H,26,28)/t15-,23+/m0/s1. The van der Waals surface area contributed by atoms with Crippen molar-refractivity contribution in [1.82, 2.24) is 10.2 Å². The van der Waals surface area contributed by atoms with E-state index < -0.39 is 0 Å². The average molecular weight is 413 g/mol. The van der Waals surface area contributed by atoms with Crippen molar-refractivity contribution in [2.75, 3.05) is 20.8 Å². The number of carbonyl (C=O) groups is 1. The maximum Gasteiger partial charge on any atom is 0.223 e. The van der Waals surface area contributed by atoms with Crippen LogP contribution in [0, 0.1) is 11.7 Å². The van der Waals surface area contributed by atoms with Gasteiger partial charge < -0.3 is 14.8 Å². The van der Waals surface area contributed by atoms with E-state index in [1.807, 2.05) is 31.2 Å². The molecule has 1 saturated carbocycles. The Balaban J connectivity index is 1.69. The average Bonchev–Trinajstić information content (AvgIpc) is 3.59. The van der Waals surface area contributed by atoms with Gasteiger partial charge in [0.2, 0.25) is 5.91 Å². The fourth-order valence-electron chi connectivity index (χ4n) is 4.40. The minimum absolute atomic E-state index is 0.0872. The van der Waals surface area contributed by atoms with Crippen molar-refractivity contribution in [3.63, 3.8) is 0 Å². The maximum atomic E-state index is 14.4. The number of halogens is 1. The number of ether oxygens (including phenoxy) is 2. The van der Waals surface area contributed by atoms with Crippen molar-refractivity contribution >= 4 is 5.91 Å². The van der Waals surface area contributed by atoms with Crippen LogP contribution in [0.2, 0.25) is 0 Å². The summed E-state index contributed by atoms with van der Waals surface area (Å²) in [5.74, 6) is 1.41. The van der Waals surface area contributed by atoms with E-state index >= 15 is 0 Å². The zero-order valence-electron chi connectivity index (χ0n) is 17.8. The predicted octanol–water partition coefficient (Wildman–Crippen LogP) is 3.86.